The highest BCUT2D eigenvalue weighted by molar-refractivity contribution is 5.78. The molecule has 1 aromatic rings. The Balaban J connectivity index is 2.19. The van der Waals surface area contributed by atoms with Crippen LogP contribution >= 0.6 is 0 Å². The molecule has 0 saturated carbocycles. The summed E-state index contributed by atoms with van der Waals surface area (Å²) >= 11 is 0. The Bertz CT molecular complexity index is 754. The maximum absolute atomic E-state index is 12.0. The Labute approximate surface area is 141 Å². The monoisotopic (exact) mass is 356 g/mol. The largest absolute Gasteiger partial charge is 0.394 e. The van der Waals surface area contributed by atoms with Gasteiger partial charge in [0.05, 0.1) is 13.2 Å². The van der Waals surface area contributed by atoms with Gasteiger partial charge in [0.15, 0.2) is 12.2 Å². The van der Waals surface area contributed by atoms with E-state index in [4.69, 9.17) is 16.2 Å². The SMILES string of the molecule is NC(N)=NCCC(=O)NC1[C@@H](O)[C@@H](CO)O[C@H]1n1ccc(=O)[nH]c1=O. The highest BCUT2D eigenvalue weighted by Crippen LogP contribution is 2.28. The van der Waals surface area contributed by atoms with E-state index in [1.807, 2.05) is 0 Å². The van der Waals surface area contributed by atoms with Crippen LogP contribution in [0.25, 0.3) is 0 Å². The summed E-state index contributed by atoms with van der Waals surface area (Å²) in [7, 11) is 0. The lowest BCUT2D eigenvalue weighted by Crippen LogP contribution is -2.48. The van der Waals surface area contributed by atoms with Crippen LogP contribution in [-0.2, 0) is 9.53 Å². The molecule has 0 aliphatic carbocycles. The summed E-state index contributed by atoms with van der Waals surface area (Å²) in [6.45, 7) is -0.472. The van der Waals surface area contributed by atoms with Crippen LogP contribution in [0.3, 0.4) is 0 Å². The summed E-state index contributed by atoms with van der Waals surface area (Å²) in [5.41, 5.74) is 8.96. The molecular formula is C13H20N6O6. The molecule has 2 rings (SSSR count). The Kier molecular flexibility index (Phi) is 5.90. The summed E-state index contributed by atoms with van der Waals surface area (Å²) in [4.78, 5) is 40.8. The van der Waals surface area contributed by atoms with Crippen LogP contribution in [0.1, 0.15) is 12.6 Å². The first kappa shape index (κ1) is 18.6. The van der Waals surface area contributed by atoms with E-state index in [0.29, 0.717) is 0 Å². The lowest BCUT2D eigenvalue weighted by Gasteiger charge is -2.22. The highest BCUT2D eigenvalue weighted by Gasteiger charge is 2.45. The fourth-order valence-corrected chi connectivity index (χ4v) is 2.46. The molecule has 1 amide bonds. The van der Waals surface area contributed by atoms with E-state index in [2.05, 4.69) is 15.3 Å². The van der Waals surface area contributed by atoms with Crippen molar-refractivity contribution < 1.29 is 19.7 Å². The number of carbonyl (C=O) groups is 1. The number of nitrogens with two attached hydrogens (primary N) is 2. The first-order valence-electron chi connectivity index (χ1n) is 7.44. The number of aromatic nitrogens is 2. The number of guanidine groups is 1. The molecule has 8 N–H and O–H groups in total. The number of H-pyrrole nitrogens is 1. The van der Waals surface area contributed by atoms with Crippen LogP contribution in [0.4, 0.5) is 0 Å². The Morgan fingerprint density at radius 3 is 2.76 bits per heavy atom. The Morgan fingerprint density at radius 1 is 1.44 bits per heavy atom. The van der Waals surface area contributed by atoms with E-state index < -0.39 is 48.2 Å². The number of hydrogen-bond acceptors (Lipinski definition) is 7. The van der Waals surface area contributed by atoms with Crippen molar-refractivity contribution in [1.82, 2.24) is 14.9 Å². The number of carbonyl (C=O) groups excluding carboxylic acids is 1. The van der Waals surface area contributed by atoms with E-state index in [1.54, 1.807) is 0 Å². The maximum atomic E-state index is 12.0. The van der Waals surface area contributed by atoms with Gasteiger partial charge in [-0.05, 0) is 0 Å². The molecule has 12 nitrogen and oxygen atoms in total. The molecule has 25 heavy (non-hydrogen) atoms. The molecule has 1 aliphatic rings. The van der Waals surface area contributed by atoms with E-state index in [0.717, 1.165) is 10.6 Å². The van der Waals surface area contributed by atoms with Crippen LogP contribution in [0, 0.1) is 0 Å². The third-order valence-corrected chi connectivity index (χ3v) is 3.64. The van der Waals surface area contributed by atoms with Gasteiger partial charge in [0.1, 0.15) is 18.2 Å². The van der Waals surface area contributed by atoms with E-state index in [9.17, 15) is 24.6 Å². The van der Waals surface area contributed by atoms with E-state index >= 15 is 0 Å². The first-order valence-corrected chi connectivity index (χ1v) is 7.44. The molecule has 0 radical (unpaired) electrons. The van der Waals surface area contributed by atoms with Crippen LogP contribution in [-0.4, -0.2) is 63.0 Å². The summed E-state index contributed by atoms with van der Waals surface area (Å²) in [5.74, 6) is -0.645. The minimum atomic E-state index is -1.26. The molecule has 4 atom stereocenters. The van der Waals surface area contributed by atoms with Gasteiger partial charge < -0.3 is 31.7 Å². The second-order valence-electron chi connectivity index (χ2n) is 5.41. The summed E-state index contributed by atoms with van der Waals surface area (Å²) in [6.07, 6.45) is -2.26. The average molecular weight is 356 g/mol. The molecule has 1 saturated heterocycles. The molecule has 0 aromatic carbocycles. The van der Waals surface area contributed by atoms with E-state index in [1.165, 1.54) is 6.20 Å². The first-order chi connectivity index (χ1) is 11.8. The summed E-state index contributed by atoms with van der Waals surface area (Å²) < 4.78 is 6.46. The number of rotatable bonds is 6. The van der Waals surface area contributed by atoms with Gasteiger partial charge in [-0.1, -0.05) is 0 Å². The van der Waals surface area contributed by atoms with Gasteiger partial charge in [0, 0.05) is 18.7 Å². The van der Waals surface area contributed by atoms with Gasteiger partial charge in [-0.2, -0.15) is 0 Å². The van der Waals surface area contributed by atoms with Crippen molar-refractivity contribution in [3.63, 3.8) is 0 Å². The zero-order chi connectivity index (χ0) is 18.6. The summed E-state index contributed by atoms with van der Waals surface area (Å²) in [6, 6.07) is 0.0774. The molecule has 138 valence electrons. The van der Waals surface area contributed by atoms with Crippen molar-refractivity contribution >= 4 is 11.9 Å². The van der Waals surface area contributed by atoms with E-state index in [-0.39, 0.29) is 18.9 Å². The quantitative estimate of drug-likeness (QED) is 0.218. The van der Waals surface area contributed by atoms with Gasteiger partial charge >= 0.3 is 5.69 Å². The molecule has 0 spiro atoms. The third-order valence-electron chi connectivity index (χ3n) is 3.64. The fourth-order valence-electron chi connectivity index (χ4n) is 2.46. The molecule has 1 unspecified atom stereocenters. The van der Waals surface area contributed by atoms with Crippen molar-refractivity contribution in [2.24, 2.45) is 16.5 Å². The third kappa shape index (κ3) is 4.43. The number of hydrogen-bond donors (Lipinski definition) is 6. The van der Waals surface area contributed by atoms with Crippen LogP contribution in [0.2, 0.25) is 0 Å². The molecule has 1 aliphatic heterocycles. The number of aliphatic hydroxyl groups excluding tert-OH is 2. The molecular weight excluding hydrogens is 336 g/mol. The van der Waals surface area contributed by atoms with Crippen molar-refractivity contribution in [2.75, 3.05) is 13.2 Å². The van der Waals surface area contributed by atoms with Crippen molar-refractivity contribution in [2.45, 2.75) is 30.9 Å². The van der Waals surface area contributed by atoms with Gasteiger partial charge in [0.2, 0.25) is 5.91 Å². The molecule has 0 bridgehead atoms. The van der Waals surface area contributed by atoms with Gasteiger partial charge in [-0.25, -0.2) is 4.79 Å². The standard InChI is InChI=1S/C13H20N6O6/c14-12(15)16-3-1-7(21)17-9-10(23)6(5-20)25-11(9)19-4-2-8(22)18-13(19)24/h2,4,6,9-11,20,23H,1,3,5H2,(H,17,21)(H4,14,15,16)(H,18,22,24)/t6-,9?,10+,11-/m1/s1. The van der Waals surface area contributed by atoms with Gasteiger partial charge in [-0.3, -0.25) is 24.1 Å². The number of ether oxygens (including phenoxy) is 1. The number of aromatic amines is 1. The second-order valence-corrected chi connectivity index (χ2v) is 5.41. The molecule has 12 heteroatoms. The lowest BCUT2D eigenvalue weighted by molar-refractivity contribution is -0.123. The molecule has 2 heterocycles. The highest BCUT2D eigenvalue weighted by atomic mass is 16.5. The Morgan fingerprint density at radius 2 is 2.16 bits per heavy atom. The van der Waals surface area contributed by atoms with Crippen molar-refractivity contribution in [3.05, 3.63) is 33.1 Å². The Hall–Kier alpha value is -2.70. The predicted molar refractivity (Wildman–Crippen MR) is 85.5 cm³/mol. The van der Waals surface area contributed by atoms with Crippen molar-refractivity contribution in [3.8, 4) is 0 Å². The summed E-state index contributed by atoms with van der Waals surface area (Å²) in [5, 5.41) is 22.0. The lowest BCUT2D eigenvalue weighted by atomic mass is 10.1. The van der Waals surface area contributed by atoms with Crippen molar-refractivity contribution in [1.29, 1.82) is 0 Å². The van der Waals surface area contributed by atoms with Crippen LogP contribution < -0.4 is 28.0 Å². The average Bonchev–Trinajstić information content (AvgIpc) is 2.83. The normalized spacial score (nSPS) is 25.5. The minimum absolute atomic E-state index is 0.0462. The zero-order valence-corrected chi connectivity index (χ0v) is 13.2. The minimum Gasteiger partial charge on any atom is -0.394 e. The number of amides is 1. The molecule has 1 aromatic heterocycles. The second kappa shape index (κ2) is 7.92. The zero-order valence-electron chi connectivity index (χ0n) is 13.2. The molecule has 1 fully saturated rings. The van der Waals surface area contributed by atoms with Gasteiger partial charge in [-0.15, -0.1) is 0 Å². The number of aliphatic hydroxyl groups is 2. The van der Waals surface area contributed by atoms with Crippen LogP contribution in [0.15, 0.2) is 26.8 Å². The smallest absolute Gasteiger partial charge is 0.330 e. The number of aliphatic imine (C=N–C) groups is 1. The predicted octanol–water partition coefficient (Wildman–Crippen LogP) is -4.06. The van der Waals surface area contributed by atoms with Gasteiger partial charge in [0.25, 0.3) is 5.56 Å². The van der Waals surface area contributed by atoms with Crippen LogP contribution in [0.5, 0.6) is 0 Å². The maximum Gasteiger partial charge on any atom is 0.330 e. The fraction of sp³-hybridized carbons (Fsp3) is 0.538. The number of nitrogens with zero attached hydrogens (tertiary/aromatic N) is 2. The number of nitrogens with one attached hydrogen (secondary N) is 2. The topological polar surface area (TPSA) is 198 Å².